The molecular weight excluding hydrogens is 416 g/mol. The molecule has 1 aliphatic heterocycles. The summed E-state index contributed by atoms with van der Waals surface area (Å²) in [4.78, 5) is 14.6. The summed E-state index contributed by atoms with van der Waals surface area (Å²) in [6.07, 6.45) is 4.73. The molecule has 0 saturated heterocycles. The van der Waals surface area contributed by atoms with Gasteiger partial charge in [0.2, 0.25) is 5.91 Å². The molecule has 0 unspecified atom stereocenters. The van der Waals surface area contributed by atoms with Crippen LogP contribution in [-0.2, 0) is 16.6 Å². The Hall–Kier alpha value is -3.10. The predicted octanol–water partition coefficient (Wildman–Crippen LogP) is 6.31. The molecule has 162 valence electrons. The summed E-state index contributed by atoms with van der Waals surface area (Å²) in [5.41, 5.74) is 4.64. The second-order valence-corrected chi connectivity index (χ2v) is 9.72. The molecule has 32 heavy (non-hydrogen) atoms. The Morgan fingerprint density at radius 1 is 1.28 bits per heavy atom. The van der Waals surface area contributed by atoms with Gasteiger partial charge in [0.05, 0.1) is 18.2 Å². The number of nitrogens with one attached hydrogen (secondary N) is 1. The van der Waals surface area contributed by atoms with Crippen molar-refractivity contribution in [1.29, 1.82) is 5.26 Å². The van der Waals surface area contributed by atoms with Gasteiger partial charge in [-0.15, -0.1) is 11.3 Å². The van der Waals surface area contributed by atoms with Crippen LogP contribution in [0, 0.1) is 17.2 Å². The molecule has 3 aromatic rings. The van der Waals surface area contributed by atoms with Gasteiger partial charge in [-0.2, -0.15) is 5.26 Å². The maximum absolute atomic E-state index is 13.4. The number of hydrogen-bond donors (Lipinski definition) is 1. The standard InChI is InChI=1S/C27H26N2O2S/c1-2-3-5-19-8-7-18(17-28)14-23(19)29-26(30)22-16-27(22)11-12-31-24-10-9-20(15-21(24)27)25-6-4-13-32-25/h4,6-10,13-15,22H,2-3,5,11-12,16H2,1H3,(H,29,30)/t22-,27-/m0/s1. The van der Waals surface area contributed by atoms with E-state index in [2.05, 4.69) is 54.0 Å². The number of carbonyl (C=O) groups is 1. The maximum atomic E-state index is 13.4. The van der Waals surface area contributed by atoms with E-state index < -0.39 is 0 Å². The van der Waals surface area contributed by atoms with E-state index in [0.717, 1.165) is 54.7 Å². The smallest absolute Gasteiger partial charge is 0.228 e. The monoisotopic (exact) mass is 442 g/mol. The molecule has 2 aromatic carbocycles. The number of ether oxygens (including phenoxy) is 1. The lowest BCUT2D eigenvalue weighted by atomic mass is 9.86. The average Bonchev–Trinajstić information content (AvgIpc) is 3.27. The molecule has 4 nitrogen and oxygen atoms in total. The van der Waals surface area contributed by atoms with Crippen LogP contribution < -0.4 is 10.1 Å². The van der Waals surface area contributed by atoms with Crippen LogP contribution >= 0.6 is 11.3 Å². The summed E-state index contributed by atoms with van der Waals surface area (Å²) >= 11 is 1.72. The van der Waals surface area contributed by atoms with E-state index in [9.17, 15) is 10.1 Å². The topological polar surface area (TPSA) is 62.1 Å². The van der Waals surface area contributed by atoms with Crippen LogP contribution in [0.4, 0.5) is 5.69 Å². The first-order valence-corrected chi connectivity index (χ1v) is 12.2. The van der Waals surface area contributed by atoms with Crippen molar-refractivity contribution >= 4 is 22.9 Å². The van der Waals surface area contributed by atoms with E-state index >= 15 is 0 Å². The number of carbonyl (C=O) groups excluding carboxylic acids is 1. The van der Waals surface area contributed by atoms with Crippen LogP contribution in [0.2, 0.25) is 0 Å². The van der Waals surface area contributed by atoms with Crippen molar-refractivity contribution in [2.75, 3.05) is 11.9 Å². The Morgan fingerprint density at radius 3 is 2.97 bits per heavy atom. The third kappa shape index (κ3) is 3.69. The van der Waals surface area contributed by atoms with E-state index in [4.69, 9.17) is 4.74 Å². The molecular formula is C27H26N2O2S. The normalized spacial score (nSPS) is 20.8. The van der Waals surface area contributed by atoms with Gasteiger partial charge in [0, 0.05) is 27.5 Å². The molecule has 1 N–H and O–H groups in total. The Kier molecular flexibility index (Phi) is 5.48. The van der Waals surface area contributed by atoms with Crippen LogP contribution in [0.3, 0.4) is 0 Å². The fourth-order valence-corrected chi connectivity index (χ4v) is 5.63. The van der Waals surface area contributed by atoms with Gasteiger partial charge in [0.25, 0.3) is 0 Å². The number of benzene rings is 2. The zero-order valence-electron chi connectivity index (χ0n) is 18.2. The van der Waals surface area contributed by atoms with Crippen LogP contribution in [0.1, 0.15) is 49.3 Å². The van der Waals surface area contributed by atoms with Gasteiger partial charge in [-0.3, -0.25) is 4.79 Å². The highest BCUT2D eigenvalue weighted by molar-refractivity contribution is 7.13. The molecule has 1 spiro atoms. The van der Waals surface area contributed by atoms with Crippen molar-refractivity contribution in [3.63, 3.8) is 0 Å². The number of aryl methyl sites for hydroxylation is 1. The molecule has 1 saturated carbocycles. The van der Waals surface area contributed by atoms with Gasteiger partial charge in [-0.1, -0.05) is 25.5 Å². The van der Waals surface area contributed by atoms with E-state index in [1.165, 1.54) is 10.4 Å². The minimum atomic E-state index is -0.151. The number of rotatable bonds is 6. The number of amides is 1. The van der Waals surface area contributed by atoms with Crippen molar-refractivity contribution in [1.82, 2.24) is 0 Å². The molecule has 2 atom stereocenters. The lowest BCUT2D eigenvalue weighted by Gasteiger charge is -2.27. The van der Waals surface area contributed by atoms with Crippen molar-refractivity contribution < 1.29 is 9.53 Å². The van der Waals surface area contributed by atoms with Crippen molar-refractivity contribution in [3.8, 4) is 22.3 Å². The summed E-state index contributed by atoms with van der Waals surface area (Å²) in [5, 5.41) is 14.6. The van der Waals surface area contributed by atoms with Gasteiger partial charge < -0.3 is 10.1 Å². The minimum absolute atomic E-state index is 0.0483. The summed E-state index contributed by atoms with van der Waals surface area (Å²) in [7, 11) is 0. The number of nitriles is 1. The molecule has 0 radical (unpaired) electrons. The van der Waals surface area contributed by atoms with Gasteiger partial charge in [0.1, 0.15) is 5.75 Å². The molecule has 0 bridgehead atoms. The lowest BCUT2D eigenvalue weighted by molar-refractivity contribution is -0.117. The van der Waals surface area contributed by atoms with E-state index in [1.807, 2.05) is 18.2 Å². The van der Waals surface area contributed by atoms with Gasteiger partial charge >= 0.3 is 0 Å². The van der Waals surface area contributed by atoms with Gasteiger partial charge in [0.15, 0.2) is 0 Å². The second kappa shape index (κ2) is 8.44. The maximum Gasteiger partial charge on any atom is 0.228 e. The molecule has 5 heteroatoms. The molecule has 2 aliphatic rings. The predicted molar refractivity (Wildman–Crippen MR) is 128 cm³/mol. The van der Waals surface area contributed by atoms with E-state index in [-0.39, 0.29) is 17.2 Å². The zero-order chi connectivity index (χ0) is 22.1. The molecule has 1 fully saturated rings. The average molecular weight is 443 g/mol. The highest BCUT2D eigenvalue weighted by atomic mass is 32.1. The van der Waals surface area contributed by atoms with Crippen LogP contribution in [0.25, 0.3) is 10.4 Å². The molecule has 1 aliphatic carbocycles. The Morgan fingerprint density at radius 2 is 2.19 bits per heavy atom. The molecule has 5 rings (SSSR count). The number of nitrogens with zero attached hydrogens (tertiary/aromatic N) is 1. The number of fused-ring (bicyclic) bond motifs is 2. The quantitative estimate of drug-likeness (QED) is 0.487. The van der Waals surface area contributed by atoms with Crippen LogP contribution in [0.5, 0.6) is 5.75 Å². The van der Waals surface area contributed by atoms with Crippen LogP contribution in [-0.4, -0.2) is 12.5 Å². The highest BCUT2D eigenvalue weighted by Crippen LogP contribution is 2.61. The Balaban J connectivity index is 1.41. The third-order valence-electron chi connectivity index (χ3n) is 6.82. The second-order valence-electron chi connectivity index (χ2n) is 8.78. The SMILES string of the molecule is CCCCc1ccc(C#N)cc1NC(=O)[C@@H]1C[C@]12CCOc1ccc(-c3cccs3)cc12. The fraction of sp³-hybridized carbons (Fsp3) is 0.333. The summed E-state index contributed by atoms with van der Waals surface area (Å²) in [6.45, 7) is 2.80. The number of anilines is 1. The molecule has 1 amide bonds. The number of unbranched alkanes of at least 4 members (excludes halogenated alkanes) is 1. The van der Waals surface area contributed by atoms with Crippen LogP contribution in [0.15, 0.2) is 53.9 Å². The third-order valence-corrected chi connectivity index (χ3v) is 7.73. The fourth-order valence-electron chi connectivity index (χ4n) is 4.91. The number of thiophene rings is 1. The Bertz CT molecular complexity index is 1190. The summed E-state index contributed by atoms with van der Waals surface area (Å²) in [6, 6.07) is 18.4. The van der Waals surface area contributed by atoms with Crippen molar-refractivity contribution in [3.05, 3.63) is 70.6 Å². The largest absolute Gasteiger partial charge is 0.493 e. The lowest BCUT2D eigenvalue weighted by Crippen LogP contribution is -2.27. The van der Waals surface area contributed by atoms with E-state index in [0.29, 0.717) is 12.2 Å². The van der Waals surface area contributed by atoms with Crippen molar-refractivity contribution in [2.45, 2.75) is 44.4 Å². The first-order chi connectivity index (χ1) is 15.6. The minimum Gasteiger partial charge on any atom is -0.493 e. The number of hydrogen-bond acceptors (Lipinski definition) is 4. The zero-order valence-corrected chi connectivity index (χ0v) is 19.0. The summed E-state index contributed by atoms with van der Waals surface area (Å²) < 4.78 is 5.95. The van der Waals surface area contributed by atoms with Gasteiger partial charge in [-0.05, 0) is 78.6 Å². The van der Waals surface area contributed by atoms with Gasteiger partial charge in [-0.25, -0.2) is 0 Å². The van der Waals surface area contributed by atoms with Crippen molar-refractivity contribution in [2.24, 2.45) is 5.92 Å². The van der Waals surface area contributed by atoms with E-state index in [1.54, 1.807) is 11.3 Å². The first kappa shape index (κ1) is 20.8. The molecule has 2 heterocycles. The highest BCUT2D eigenvalue weighted by Gasteiger charge is 2.61. The molecule has 1 aromatic heterocycles. The Labute approximate surface area is 192 Å². The summed E-state index contributed by atoms with van der Waals surface area (Å²) in [5.74, 6) is 0.877. The first-order valence-electron chi connectivity index (χ1n) is 11.3.